The van der Waals surface area contributed by atoms with Gasteiger partial charge in [0, 0.05) is 14.1 Å². The highest BCUT2D eigenvalue weighted by Crippen LogP contribution is 2.28. The van der Waals surface area contributed by atoms with Crippen molar-refractivity contribution in [3.05, 3.63) is 77.9 Å². The van der Waals surface area contributed by atoms with Gasteiger partial charge in [-0.3, -0.25) is 0 Å². The molecule has 0 fully saturated rings. The number of aromatic hydroxyl groups is 1. The summed E-state index contributed by atoms with van der Waals surface area (Å²) in [6, 6.07) is 19.1. The van der Waals surface area contributed by atoms with Crippen molar-refractivity contribution in [1.82, 2.24) is 4.90 Å². The molecule has 0 radical (unpaired) electrons. The topological polar surface area (TPSA) is 115 Å². The predicted molar refractivity (Wildman–Crippen MR) is 152 cm³/mol. The third-order valence-electron chi connectivity index (χ3n) is 5.49. The van der Waals surface area contributed by atoms with Crippen LogP contribution in [-0.2, 0) is 9.47 Å². The number of hydrogen-bond acceptors (Lipinski definition) is 8. The molecule has 0 aromatic heterocycles. The zero-order valence-electron chi connectivity index (χ0n) is 22.0. The molecule has 204 valence electrons. The fourth-order valence-electron chi connectivity index (χ4n) is 3.49. The first-order valence-electron chi connectivity index (χ1n) is 11.8. The summed E-state index contributed by atoms with van der Waals surface area (Å²) in [6.45, 7) is 2.19. The Bertz CT molecular complexity index is 1500. The molecule has 0 heterocycles. The molecule has 0 aliphatic heterocycles. The van der Waals surface area contributed by atoms with E-state index in [-0.39, 0.29) is 24.1 Å². The van der Waals surface area contributed by atoms with Crippen LogP contribution in [0.2, 0.25) is 0 Å². The fraction of sp³-hybridized carbons (Fsp3) is 0.207. The van der Waals surface area contributed by atoms with Gasteiger partial charge in [-0.15, -0.1) is 0 Å². The van der Waals surface area contributed by atoms with E-state index >= 15 is 0 Å². The summed E-state index contributed by atoms with van der Waals surface area (Å²) in [4.78, 5) is 24.3. The zero-order chi connectivity index (χ0) is 28.5. The highest BCUT2D eigenvalue weighted by Gasteiger charge is 2.11. The molecule has 2 N–H and O–H groups in total. The molecule has 0 atom stereocenters. The molecule has 0 amide bonds. The van der Waals surface area contributed by atoms with E-state index in [2.05, 4.69) is 0 Å². The molecule has 0 saturated carbocycles. The van der Waals surface area contributed by atoms with Gasteiger partial charge < -0.3 is 34.1 Å². The van der Waals surface area contributed by atoms with E-state index in [9.17, 15) is 14.7 Å². The number of carboxylic acid groups (broad SMARTS) is 1. The molecule has 4 aromatic rings. The Morgan fingerprint density at radius 1 is 0.846 bits per heavy atom. The first kappa shape index (κ1) is 29.0. The molecule has 10 heteroatoms. The largest absolute Gasteiger partial charge is 0.507 e. The minimum atomic E-state index is -1.15. The molecule has 0 unspecified atom stereocenters. The lowest BCUT2D eigenvalue weighted by Gasteiger charge is -2.15. The number of aromatic carboxylic acids is 1. The number of carboxylic acids is 1. The van der Waals surface area contributed by atoms with Crippen molar-refractivity contribution in [2.75, 3.05) is 34.6 Å². The molecule has 0 aliphatic rings. The number of thiocarbonyl (C=S) groups is 1. The summed E-state index contributed by atoms with van der Waals surface area (Å²) < 4.78 is 20.8. The predicted octanol–water partition coefficient (Wildman–Crippen LogP) is 5.47. The number of fused-ring (bicyclic) bond motifs is 2. The third kappa shape index (κ3) is 7.71. The van der Waals surface area contributed by atoms with Crippen molar-refractivity contribution in [3.8, 4) is 17.2 Å². The molecule has 9 nitrogen and oxygen atoms in total. The van der Waals surface area contributed by atoms with Crippen LogP contribution in [0.25, 0.3) is 21.5 Å². The molecule has 0 aliphatic carbocycles. The normalized spacial score (nSPS) is 10.3. The number of hydrogen-bond donors (Lipinski definition) is 2. The van der Waals surface area contributed by atoms with Gasteiger partial charge in [0.15, 0.2) is 0 Å². The van der Waals surface area contributed by atoms with E-state index in [0.29, 0.717) is 28.8 Å². The van der Waals surface area contributed by atoms with E-state index in [1.165, 1.54) is 12.1 Å². The van der Waals surface area contributed by atoms with Crippen molar-refractivity contribution >= 4 is 50.9 Å². The molecule has 0 saturated heterocycles. The maximum Gasteiger partial charge on any atom is 0.339 e. The Hall–Kier alpha value is -4.57. The molecule has 39 heavy (non-hydrogen) atoms. The Morgan fingerprint density at radius 3 is 2.10 bits per heavy atom. The SMILES string of the molecule is CCOC(=O)c1ccc2cc(OCOC(=S)N(C)C)ccc2c1.COc1ccc2cc(O)c(C(=O)O)cc2c1. The van der Waals surface area contributed by atoms with Crippen LogP contribution in [0.1, 0.15) is 27.6 Å². The van der Waals surface area contributed by atoms with Gasteiger partial charge in [-0.2, -0.15) is 0 Å². The van der Waals surface area contributed by atoms with Crippen LogP contribution in [-0.4, -0.2) is 66.8 Å². The van der Waals surface area contributed by atoms with E-state index in [1.54, 1.807) is 63.4 Å². The summed E-state index contributed by atoms with van der Waals surface area (Å²) in [5.74, 6) is -0.384. The summed E-state index contributed by atoms with van der Waals surface area (Å²) in [5, 5.41) is 22.1. The molecular formula is C29H29NO8S. The lowest BCUT2D eigenvalue weighted by atomic mass is 10.1. The number of benzene rings is 4. The Morgan fingerprint density at radius 2 is 1.46 bits per heavy atom. The second-order valence-corrected chi connectivity index (χ2v) is 8.75. The second kappa shape index (κ2) is 13.3. The fourth-order valence-corrected chi connectivity index (χ4v) is 3.54. The number of carbonyl (C=O) groups is 2. The molecule has 0 bridgehead atoms. The minimum absolute atomic E-state index is 0.0451. The highest BCUT2D eigenvalue weighted by atomic mass is 32.1. The summed E-state index contributed by atoms with van der Waals surface area (Å²) in [7, 11) is 5.15. The van der Waals surface area contributed by atoms with Crippen LogP contribution in [0.4, 0.5) is 0 Å². The Balaban J connectivity index is 0.000000230. The highest BCUT2D eigenvalue weighted by molar-refractivity contribution is 7.80. The smallest absolute Gasteiger partial charge is 0.339 e. The summed E-state index contributed by atoms with van der Waals surface area (Å²) >= 11 is 5.01. The van der Waals surface area contributed by atoms with Gasteiger partial charge in [0.05, 0.1) is 19.3 Å². The molecule has 0 spiro atoms. The van der Waals surface area contributed by atoms with E-state index < -0.39 is 5.97 Å². The van der Waals surface area contributed by atoms with Crippen LogP contribution in [0.5, 0.6) is 17.2 Å². The van der Waals surface area contributed by atoms with Crippen LogP contribution >= 0.6 is 12.2 Å². The van der Waals surface area contributed by atoms with Gasteiger partial charge in [0.2, 0.25) is 6.79 Å². The van der Waals surface area contributed by atoms with Crippen molar-refractivity contribution in [2.24, 2.45) is 0 Å². The first-order chi connectivity index (χ1) is 18.6. The summed E-state index contributed by atoms with van der Waals surface area (Å²) in [6.07, 6.45) is 0. The molecule has 4 aromatic carbocycles. The van der Waals surface area contributed by atoms with Gasteiger partial charge in [-0.1, -0.05) is 18.2 Å². The monoisotopic (exact) mass is 551 g/mol. The number of rotatable bonds is 7. The van der Waals surface area contributed by atoms with Gasteiger partial charge in [-0.25, -0.2) is 9.59 Å². The van der Waals surface area contributed by atoms with Crippen LogP contribution in [0.3, 0.4) is 0 Å². The summed E-state index contributed by atoms with van der Waals surface area (Å²) in [5.41, 5.74) is 0.424. The maximum absolute atomic E-state index is 11.7. The third-order valence-corrected chi connectivity index (χ3v) is 5.97. The maximum atomic E-state index is 11.7. The average Bonchev–Trinajstić information content (AvgIpc) is 2.92. The Kier molecular flexibility index (Phi) is 9.88. The number of nitrogens with zero attached hydrogens (tertiary/aromatic N) is 1. The van der Waals surface area contributed by atoms with Crippen LogP contribution < -0.4 is 9.47 Å². The minimum Gasteiger partial charge on any atom is -0.507 e. The van der Waals surface area contributed by atoms with E-state index in [1.807, 2.05) is 24.3 Å². The van der Waals surface area contributed by atoms with Crippen molar-refractivity contribution in [3.63, 3.8) is 0 Å². The van der Waals surface area contributed by atoms with Crippen LogP contribution in [0.15, 0.2) is 66.7 Å². The average molecular weight is 552 g/mol. The molecular weight excluding hydrogens is 522 g/mol. The van der Waals surface area contributed by atoms with Gasteiger partial charge in [0.1, 0.15) is 22.8 Å². The quantitative estimate of drug-likeness (QED) is 0.174. The van der Waals surface area contributed by atoms with Gasteiger partial charge in [0.25, 0.3) is 5.17 Å². The van der Waals surface area contributed by atoms with Gasteiger partial charge in [-0.05, 0) is 89.2 Å². The number of esters is 1. The van der Waals surface area contributed by atoms with Crippen molar-refractivity contribution in [2.45, 2.75) is 6.92 Å². The number of methoxy groups -OCH3 is 1. The van der Waals surface area contributed by atoms with Crippen molar-refractivity contribution in [1.29, 1.82) is 0 Å². The van der Waals surface area contributed by atoms with E-state index in [0.717, 1.165) is 21.5 Å². The lowest BCUT2D eigenvalue weighted by molar-refractivity contribution is 0.0526. The number of phenols is 1. The Labute approximate surface area is 231 Å². The zero-order valence-corrected chi connectivity index (χ0v) is 22.8. The number of carbonyl (C=O) groups excluding carboxylic acids is 1. The standard InChI is InChI=1S/C17H19NO4S.C12H10O4/c1-4-20-16(19)14-6-5-13-10-15(8-7-12(13)9-14)21-11-22-17(23)18(2)3;1-16-9-3-2-7-6-11(13)10(12(14)15)5-8(7)4-9/h5-10H,4,11H2,1-3H3;2-6,13H,1H3,(H,14,15). The van der Waals surface area contributed by atoms with E-state index in [4.69, 9.17) is 36.3 Å². The second-order valence-electron chi connectivity index (χ2n) is 8.40. The molecule has 4 rings (SSSR count). The first-order valence-corrected chi connectivity index (χ1v) is 12.3. The lowest BCUT2D eigenvalue weighted by Crippen LogP contribution is -2.24. The van der Waals surface area contributed by atoms with Crippen molar-refractivity contribution < 1.29 is 38.7 Å². The number of ether oxygens (including phenoxy) is 4. The van der Waals surface area contributed by atoms with Gasteiger partial charge >= 0.3 is 11.9 Å². The van der Waals surface area contributed by atoms with Crippen LogP contribution in [0, 0.1) is 0 Å².